The molecular formula is C16H30N2O. The van der Waals surface area contributed by atoms with Crippen molar-refractivity contribution in [2.45, 2.75) is 52.9 Å². The summed E-state index contributed by atoms with van der Waals surface area (Å²) in [7, 11) is 0. The number of likely N-dealkylation sites (tertiary alicyclic amines) is 1. The van der Waals surface area contributed by atoms with Gasteiger partial charge in [0.05, 0.1) is 0 Å². The minimum atomic E-state index is -0.205. The molecule has 0 aliphatic carbocycles. The van der Waals surface area contributed by atoms with Gasteiger partial charge >= 0.3 is 0 Å². The van der Waals surface area contributed by atoms with Gasteiger partial charge in [-0.2, -0.15) is 0 Å². The highest BCUT2D eigenvalue weighted by molar-refractivity contribution is 5.82. The van der Waals surface area contributed by atoms with E-state index in [-0.39, 0.29) is 5.41 Å². The van der Waals surface area contributed by atoms with Crippen LogP contribution in [0.3, 0.4) is 0 Å². The molecule has 0 saturated carbocycles. The topological polar surface area (TPSA) is 32.3 Å². The lowest BCUT2D eigenvalue weighted by molar-refractivity contribution is -0.145. The van der Waals surface area contributed by atoms with Gasteiger partial charge in [-0.15, -0.1) is 0 Å². The third-order valence-corrected chi connectivity index (χ3v) is 5.25. The summed E-state index contributed by atoms with van der Waals surface area (Å²) in [5.41, 5.74) is -0.205. The van der Waals surface area contributed by atoms with Crippen LogP contribution in [0, 0.1) is 17.3 Å². The number of nitrogens with zero attached hydrogens (tertiary/aromatic N) is 1. The van der Waals surface area contributed by atoms with Crippen LogP contribution in [0.1, 0.15) is 52.9 Å². The van der Waals surface area contributed by atoms with E-state index < -0.39 is 0 Å². The van der Waals surface area contributed by atoms with Gasteiger partial charge in [-0.05, 0) is 50.6 Å². The van der Waals surface area contributed by atoms with E-state index in [4.69, 9.17) is 0 Å². The van der Waals surface area contributed by atoms with Gasteiger partial charge in [0.25, 0.3) is 0 Å². The van der Waals surface area contributed by atoms with Crippen molar-refractivity contribution >= 4 is 5.91 Å². The Morgan fingerprint density at radius 3 is 2.74 bits per heavy atom. The van der Waals surface area contributed by atoms with Gasteiger partial charge in [0.15, 0.2) is 0 Å². The van der Waals surface area contributed by atoms with Gasteiger partial charge in [0, 0.05) is 18.5 Å². The smallest absolute Gasteiger partial charge is 0.228 e. The summed E-state index contributed by atoms with van der Waals surface area (Å²) >= 11 is 0. The number of rotatable bonds is 3. The summed E-state index contributed by atoms with van der Waals surface area (Å²) < 4.78 is 0. The normalized spacial score (nSPS) is 29.3. The monoisotopic (exact) mass is 266 g/mol. The Kier molecular flexibility index (Phi) is 4.88. The van der Waals surface area contributed by atoms with Crippen molar-refractivity contribution < 1.29 is 4.79 Å². The first kappa shape index (κ1) is 14.8. The molecule has 1 N–H and O–H groups in total. The van der Waals surface area contributed by atoms with Crippen molar-refractivity contribution in [2.75, 3.05) is 26.2 Å². The van der Waals surface area contributed by atoms with E-state index in [0.717, 1.165) is 32.1 Å². The van der Waals surface area contributed by atoms with Crippen molar-refractivity contribution in [3.63, 3.8) is 0 Å². The Bertz CT molecular complexity index is 308. The maximum atomic E-state index is 12.9. The highest BCUT2D eigenvalue weighted by Gasteiger charge is 2.40. The predicted octanol–water partition coefficient (Wildman–Crippen LogP) is 2.66. The lowest BCUT2D eigenvalue weighted by atomic mass is 9.73. The molecule has 0 aromatic heterocycles. The zero-order valence-corrected chi connectivity index (χ0v) is 12.9. The summed E-state index contributed by atoms with van der Waals surface area (Å²) in [4.78, 5) is 15.0. The highest BCUT2D eigenvalue weighted by atomic mass is 16.2. The van der Waals surface area contributed by atoms with Gasteiger partial charge in [0.1, 0.15) is 0 Å². The van der Waals surface area contributed by atoms with Crippen LogP contribution in [0.15, 0.2) is 0 Å². The van der Waals surface area contributed by atoms with E-state index in [1.807, 2.05) is 0 Å². The molecule has 19 heavy (non-hydrogen) atoms. The summed E-state index contributed by atoms with van der Waals surface area (Å²) in [6.45, 7) is 10.6. The Hall–Kier alpha value is -0.570. The maximum absolute atomic E-state index is 12.9. The molecule has 0 bridgehead atoms. The fourth-order valence-corrected chi connectivity index (χ4v) is 3.63. The first-order chi connectivity index (χ1) is 9.05. The fraction of sp³-hybridized carbons (Fsp3) is 0.938. The second-order valence-electron chi connectivity index (χ2n) is 6.93. The van der Waals surface area contributed by atoms with Crippen LogP contribution >= 0.6 is 0 Å². The molecule has 2 heterocycles. The molecule has 0 aromatic carbocycles. The highest BCUT2D eigenvalue weighted by Crippen LogP contribution is 2.35. The second-order valence-corrected chi connectivity index (χ2v) is 6.93. The molecule has 2 aliphatic rings. The van der Waals surface area contributed by atoms with Crippen LogP contribution in [0.25, 0.3) is 0 Å². The third-order valence-electron chi connectivity index (χ3n) is 5.25. The van der Waals surface area contributed by atoms with Crippen LogP contribution in [-0.4, -0.2) is 37.0 Å². The number of nitrogens with one attached hydrogen (secondary N) is 1. The number of hydrogen-bond acceptors (Lipinski definition) is 2. The lowest BCUT2D eigenvalue weighted by Crippen LogP contribution is -2.51. The zero-order chi connectivity index (χ0) is 13.9. The average Bonchev–Trinajstić information content (AvgIpc) is 2.47. The van der Waals surface area contributed by atoms with Gasteiger partial charge in [-0.25, -0.2) is 0 Å². The summed E-state index contributed by atoms with van der Waals surface area (Å²) in [6, 6.07) is 0. The van der Waals surface area contributed by atoms with Crippen LogP contribution in [0.5, 0.6) is 0 Å². The van der Waals surface area contributed by atoms with E-state index >= 15 is 0 Å². The largest absolute Gasteiger partial charge is 0.342 e. The molecule has 2 saturated heterocycles. The Morgan fingerprint density at radius 1 is 1.32 bits per heavy atom. The number of piperidine rings is 2. The number of carbonyl (C=O) groups excluding carboxylic acids is 1. The van der Waals surface area contributed by atoms with Crippen molar-refractivity contribution in [1.82, 2.24) is 10.2 Å². The summed E-state index contributed by atoms with van der Waals surface area (Å²) in [5, 5.41) is 3.45. The van der Waals surface area contributed by atoms with E-state index in [0.29, 0.717) is 11.8 Å². The van der Waals surface area contributed by atoms with Crippen molar-refractivity contribution in [2.24, 2.45) is 17.3 Å². The van der Waals surface area contributed by atoms with Crippen LogP contribution < -0.4 is 5.32 Å². The second kappa shape index (κ2) is 6.25. The molecule has 2 rings (SSSR count). The van der Waals surface area contributed by atoms with Gasteiger partial charge < -0.3 is 10.2 Å². The Labute approximate surface area is 118 Å². The molecule has 0 radical (unpaired) electrons. The van der Waals surface area contributed by atoms with Crippen molar-refractivity contribution in [3.8, 4) is 0 Å². The first-order valence-corrected chi connectivity index (χ1v) is 8.05. The predicted molar refractivity (Wildman–Crippen MR) is 79.0 cm³/mol. The molecule has 0 aromatic rings. The maximum Gasteiger partial charge on any atom is 0.228 e. The Morgan fingerprint density at radius 2 is 2.11 bits per heavy atom. The van der Waals surface area contributed by atoms with E-state index in [2.05, 4.69) is 31.0 Å². The molecule has 3 nitrogen and oxygen atoms in total. The quantitative estimate of drug-likeness (QED) is 0.852. The van der Waals surface area contributed by atoms with Gasteiger partial charge in [-0.3, -0.25) is 4.79 Å². The molecule has 1 amide bonds. The molecule has 2 atom stereocenters. The standard InChI is InChI=1S/C16H30N2O/c1-4-13-7-6-10-18(12-13)15(19)16(2,3)14-8-5-9-17-11-14/h13-14,17H,4-12H2,1-3H3. The molecule has 2 fully saturated rings. The molecule has 3 heteroatoms. The van der Waals surface area contributed by atoms with E-state index in [9.17, 15) is 4.79 Å². The number of hydrogen-bond donors (Lipinski definition) is 1. The van der Waals surface area contributed by atoms with Crippen LogP contribution in [0.4, 0.5) is 0 Å². The lowest BCUT2D eigenvalue weighted by Gasteiger charge is -2.42. The molecule has 2 aliphatic heterocycles. The molecule has 110 valence electrons. The van der Waals surface area contributed by atoms with Crippen molar-refractivity contribution in [3.05, 3.63) is 0 Å². The van der Waals surface area contributed by atoms with Gasteiger partial charge in [0.2, 0.25) is 5.91 Å². The fourth-order valence-electron chi connectivity index (χ4n) is 3.63. The molecule has 0 spiro atoms. The zero-order valence-electron chi connectivity index (χ0n) is 12.9. The van der Waals surface area contributed by atoms with Gasteiger partial charge in [-0.1, -0.05) is 27.2 Å². The minimum Gasteiger partial charge on any atom is -0.342 e. The third kappa shape index (κ3) is 3.31. The number of carbonyl (C=O) groups is 1. The minimum absolute atomic E-state index is 0.205. The SMILES string of the molecule is CCC1CCCN(C(=O)C(C)(C)C2CCCNC2)C1. The van der Waals surface area contributed by atoms with E-state index in [1.165, 1.54) is 32.1 Å². The molecule has 2 unspecified atom stereocenters. The number of amides is 1. The van der Waals surface area contributed by atoms with Crippen LogP contribution in [0.2, 0.25) is 0 Å². The van der Waals surface area contributed by atoms with E-state index in [1.54, 1.807) is 0 Å². The van der Waals surface area contributed by atoms with Crippen LogP contribution in [-0.2, 0) is 4.79 Å². The Balaban J connectivity index is 2.00. The average molecular weight is 266 g/mol. The summed E-state index contributed by atoms with van der Waals surface area (Å²) in [5.74, 6) is 1.60. The molecular weight excluding hydrogens is 236 g/mol. The summed E-state index contributed by atoms with van der Waals surface area (Å²) in [6.07, 6.45) is 6.08. The van der Waals surface area contributed by atoms with Crippen molar-refractivity contribution in [1.29, 1.82) is 0 Å². The first-order valence-electron chi connectivity index (χ1n) is 8.05.